The van der Waals surface area contributed by atoms with E-state index in [1.165, 1.54) is 17.4 Å². The smallest absolute Gasteiger partial charge is 0.271 e. The third-order valence-corrected chi connectivity index (χ3v) is 4.95. The molecule has 1 aromatic carbocycles. The molecule has 0 fully saturated rings. The molecule has 0 saturated carbocycles. The monoisotopic (exact) mass is 438 g/mol. The summed E-state index contributed by atoms with van der Waals surface area (Å²) >= 11 is 6.23. The van der Waals surface area contributed by atoms with Crippen LogP contribution in [-0.4, -0.2) is 49.5 Å². The molecular formula is C23H27ClN6O. The summed E-state index contributed by atoms with van der Waals surface area (Å²) in [4.78, 5) is 25.2. The first-order valence-electron chi connectivity index (χ1n) is 9.73. The van der Waals surface area contributed by atoms with Gasteiger partial charge < -0.3 is 5.73 Å². The van der Waals surface area contributed by atoms with Gasteiger partial charge in [-0.2, -0.15) is 0 Å². The third-order valence-electron chi connectivity index (χ3n) is 4.58. The van der Waals surface area contributed by atoms with Crippen molar-refractivity contribution >= 4 is 46.9 Å². The number of nitrogens with one attached hydrogen (secondary N) is 1. The Hall–Kier alpha value is -3.29. The maximum absolute atomic E-state index is 12.8. The topological polar surface area (TPSA) is 96.0 Å². The van der Waals surface area contributed by atoms with Crippen molar-refractivity contribution in [3.63, 3.8) is 0 Å². The molecule has 2 rings (SSSR count). The van der Waals surface area contributed by atoms with Crippen molar-refractivity contribution in [1.82, 2.24) is 15.4 Å². The maximum Gasteiger partial charge on any atom is 0.271 e. The van der Waals surface area contributed by atoms with Gasteiger partial charge in [-0.3, -0.25) is 19.8 Å². The summed E-state index contributed by atoms with van der Waals surface area (Å²) in [5.74, 6) is -0.226. The number of hydrazine groups is 1. The average molecular weight is 439 g/mol. The van der Waals surface area contributed by atoms with Crippen LogP contribution >= 0.6 is 11.6 Å². The quantitative estimate of drug-likeness (QED) is 0.271. The second-order valence-corrected chi connectivity index (χ2v) is 6.92. The van der Waals surface area contributed by atoms with Crippen LogP contribution < -0.4 is 11.2 Å². The van der Waals surface area contributed by atoms with Crippen molar-refractivity contribution in [3.05, 3.63) is 70.7 Å². The molecule has 0 bridgehead atoms. The van der Waals surface area contributed by atoms with Crippen LogP contribution in [0.2, 0.25) is 0 Å². The first-order chi connectivity index (χ1) is 15.0. The molecule has 0 saturated heterocycles. The number of allylic oxidation sites excluding steroid dienone is 3. The molecule has 1 aromatic heterocycles. The molecule has 0 spiro atoms. The minimum Gasteiger partial charge on any atom is -0.403 e. The summed E-state index contributed by atoms with van der Waals surface area (Å²) in [6, 6.07) is 9.65. The Morgan fingerprint density at radius 2 is 2.13 bits per heavy atom. The molecule has 0 aliphatic rings. The van der Waals surface area contributed by atoms with Crippen LogP contribution in [0, 0.1) is 0 Å². The predicted octanol–water partition coefficient (Wildman–Crippen LogP) is 3.47. The highest BCUT2D eigenvalue weighted by atomic mass is 35.5. The molecule has 0 radical (unpaired) electrons. The molecule has 2 aromatic rings. The number of aromatic nitrogens is 1. The molecule has 0 atom stereocenters. The molecule has 31 heavy (non-hydrogen) atoms. The Bertz CT molecular complexity index is 1070. The molecule has 0 aliphatic heterocycles. The largest absolute Gasteiger partial charge is 0.403 e. The number of hydrogen-bond acceptors (Lipinski definition) is 6. The summed E-state index contributed by atoms with van der Waals surface area (Å²) < 4.78 is 0. The zero-order valence-electron chi connectivity index (χ0n) is 18.0. The normalized spacial score (nSPS) is 13.1. The third kappa shape index (κ3) is 6.10. The molecular weight excluding hydrogens is 412 g/mol. The zero-order valence-corrected chi connectivity index (χ0v) is 18.7. The summed E-state index contributed by atoms with van der Waals surface area (Å²) in [6.07, 6.45) is 6.91. The van der Waals surface area contributed by atoms with E-state index in [9.17, 15) is 4.79 Å². The van der Waals surface area contributed by atoms with Gasteiger partial charge in [0.25, 0.3) is 5.91 Å². The highest BCUT2D eigenvalue weighted by Gasteiger charge is 2.19. The number of likely N-dealkylation sites (N-methyl/N-ethyl adjacent to an activating group) is 1. The van der Waals surface area contributed by atoms with Gasteiger partial charge in [0.1, 0.15) is 0 Å². The van der Waals surface area contributed by atoms with Crippen LogP contribution in [0.5, 0.6) is 0 Å². The van der Waals surface area contributed by atoms with Crippen molar-refractivity contribution in [1.29, 1.82) is 0 Å². The lowest BCUT2D eigenvalue weighted by Crippen LogP contribution is -2.40. The summed E-state index contributed by atoms with van der Waals surface area (Å²) in [5.41, 5.74) is 12.0. The van der Waals surface area contributed by atoms with E-state index in [0.29, 0.717) is 29.3 Å². The molecule has 1 amide bonds. The number of fused-ring (bicyclic) bond motifs is 1. The Labute approximate surface area is 187 Å². The lowest BCUT2D eigenvalue weighted by atomic mass is 10.0. The highest BCUT2D eigenvalue weighted by Crippen LogP contribution is 2.24. The number of pyridine rings is 1. The lowest BCUT2D eigenvalue weighted by molar-refractivity contribution is -0.127. The van der Waals surface area contributed by atoms with Crippen molar-refractivity contribution in [2.45, 2.75) is 13.3 Å². The van der Waals surface area contributed by atoms with E-state index < -0.39 is 0 Å². The molecule has 0 unspecified atom stereocenters. The number of benzene rings is 1. The minimum atomic E-state index is -0.226. The maximum atomic E-state index is 12.8. The van der Waals surface area contributed by atoms with E-state index in [1.54, 1.807) is 26.4 Å². The minimum absolute atomic E-state index is 0.226. The Morgan fingerprint density at radius 3 is 2.74 bits per heavy atom. The Balaban J connectivity index is 2.41. The van der Waals surface area contributed by atoms with Gasteiger partial charge in [0.2, 0.25) is 0 Å². The van der Waals surface area contributed by atoms with Gasteiger partial charge >= 0.3 is 0 Å². The summed E-state index contributed by atoms with van der Waals surface area (Å²) in [6.45, 7) is 5.86. The summed E-state index contributed by atoms with van der Waals surface area (Å²) in [7, 11) is 3.38. The van der Waals surface area contributed by atoms with Crippen molar-refractivity contribution < 1.29 is 4.79 Å². The van der Waals surface area contributed by atoms with E-state index >= 15 is 0 Å². The number of halogens is 1. The number of rotatable bonds is 9. The Kier molecular flexibility index (Phi) is 9.12. The molecule has 1 heterocycles. The molecule has 8 heteroatoms. The fourth-order valence-corrected chi connectivity index (χ4v) is 3.15. The van der Waals surface area contributed by atoms with E-state index in [1.807, 2.05) is 37.3 Å². The van der Waals surface area contributed by atoms with Crippen LogP contribution in [0.3, 0.4) is 0 Å². The van der Waals surface area contributed by atoms with Gasteiger partial charge in [-0.05, 0) is 55.5 Å². The van der Waals surface area contributed by atoms with Gasteiger partial charge in [-0.1, -0.05) is 23.7 Å². The second-order valence-electron chi connectivity index (χ2n) is 6.51. The zero-order chi connectivity index (χ0) is 22.8. The van der Waals surface area contributed by atoms with Crippen LogP contribution in [0.25, 0.3) is 16.5 Å². The average Bonchev–Trinajstić information content (AvgIpc) is 2.79. The highest BCUT2D eigenvalue weighted by molar-refractivity contribution is 6.32. The van der Waals surface area contributed by atoms with Crippen molar-refractivity contribution in [2.75, 3.05) is 20.6 Å². The Morgan fingerprint density at radius 1 is 1.35 bits per heavy atom. The number of amides is 1. The number of aliphatic imine (C=N–C) groups is 2. The predicted molar refractivity (Wildman–Crippen MR) is 130 cm³/mol. The number of carbonyl (C=O) groups excluding carboxylic acids is 1. The number of nitrogens with two attached hydrogens (primary N) is 1. The van der Waals surface area contributed by atoms with E-state index in [4.69, 9.17) is 17.3 Å². The van der Waals surface area contributed by atoms with Gasteiger partial charge in [-0.15, -0.1) is 0 Å². The van der Waals surface area contributed by atoms with E-state index in [0.717, 1.165) is 22.0 Å². The molecule has 0 aliphatic carbocycles. The fourth-order valence-electron chi connectivity index (χ4n) is 3.02. The number of nitrogens with zero attached hydrogens (tertiary/aromatic N) is 4. The molecule has 3 N–H and O–H groups in total. The first kappa shape index (κ1) is 24.0. The molecule has 7 nitrogen and oxygen atoms in total. The van der Waals surface area contributed by atoms with Gasteiger partial charge in [0.15, 0.2) is 0 Å². The van der Waals surface area contributed by atoms with E-state index in [-0.39, 0.29) is 5.91 Å². The standard InChI is InChI=1S/C23H27ClN6O/c1-5-30(28-4)23(31)19(15-27-3)22-9-7-18-13-16(6-8-21(18)29-22)12-17(10-11-26-2)20(24)14-25/h6-11,13-15,28H,3,5,12,25H2,1-2,4H3/b17-10-,19-15-,20-14-,26-11?. The van der Waals surface area contributed by atoms with Gasteiger partial charge in [-0.25, -0.2) is 10.4 Å². The molecule has 162 valence electrons. The van der Waals surface area contributed by atoms with Crippen LogP contribution in [0.1, 0.15) is 18.2 Å². The van der Waals surface area contributed by atoms with Crippen LogP contribution in [-0.2, 0) is 11.2 Å². The number of hydrogen-bond donors (Lipinski definition) is 2. The summed E-state index contributed by atoms with van der Waals surface area (Å²) in [5, 5.41) is 2.90. The SMILES string of the molecule is C=N/C=C(\C(=O)N(CC)NC)c1ccc2cc(CC(=C/C=NC)/C(Cl)=C/N)ccc2n1. The van der Waals surface area contributed by atoms with Crippen LogP contribution in [0.15, 0.2) is 69.4 Å². The second kappa shape index (κ2) is 11.8. The van der Waals surface area contributed by atoms with E-state index in [2.05, 4.69) is 27.1 Å². The number of carbonyl (C=O) groups is 1. The van der Waals surface area contributed by atoms with Gasteiger partial charge in [0.05, 0.1) is 21.8 Å². The van der Waals surface area contributed by atoms with Gasteiger partial charge in [0, 0.05) is 44.6 Å². The first-order valence-corrected chi connectivity index (χ1v) is 10.1. The fraction of sp³-hybridized carbons (Fsp3) is 0.217. The van der Waals surface area contributed by atoms with Crippen LogP contribution in [0.4, 0.5) is 0 Å². The van der Waals surface area contributed by atoms with Crippen molar-refractivity contribution in [3.8, 4) is 0 Å². The van der Waals surface area contributed by atoms with Crippen molar-refractivity contribution in [2.24, 2.45) is 15.7 Å². The lowest BCUT2D eigenvalue weighted by Gasteiger charge is -2.20.